The van der Waals surface area contributed by atoms with Crippen LogP contribution in [-0.2, 0) is 0 Å². The van der Waals surface area contributed by atoms with Crippen LogP contribution in [-0.4, -0.2) is 35.3 Å². The first-order chi connectivity index (χ1) is 8.47. The van der Waals surface area contributed by atoms with Crippen molar-refractivity contribution in [2.45, 2.75) is 38.9 Å². The molecule has 1 fully saturated rings. The van der Waals surface area contributed by atoms with Gasteiger partial charge in [0.25, 0.3) is 0 Å². The molecule has 0 aromatic carbocycles. The van der Waals surface area contributed by atoms with E-state index in [0.717, 1.165) is 24.4 Å². The van der Waals surface area contributed by atoms with Crippen molar-refractivity contribution in [2.24, 2.45) is 5.92 Å². The van der Waals surface area contributed by atoms with E-state index in [4.69, 9.17) is 10.5 Å². The molecule has 0 unspecified atom stereocenters. The predicted octanol–water partition coefficient (Wildman–Crippen LogP) is 1.72. The molecule has 5 nitrogen and oxygen atoms in total. The standard InChI is InChI=1S/C12H21N3O2S/c1-7(2)17-10-11(13)14-18-12(10)15(3)6-8-4-9(16)5-8/h7-9,16H,4-6H2,1-3H3,(H2,13,14). The van der Waals surface area contributed by atoms with E-state index in [2.05, 4.69) is 9.27 Å². The molecule has 0 radical (unpaired) electrons. The van der Waals surface area contributed by atoms with Crippen molar-refractivity contribution in [1.82, 2.24) is 4.37 Å². The lowest BCUT2D eigenvalue weighted by atomic mass is 9.82. The van der Waals surface area contributed by atoms with Gasteiger partial charge in [0, 0.05) is 13.6 Å². The molecule has 0 atom stereocenters. The van der Waals surface area contributed by atoms with Gasteiger partial charge in [0.05, 0.1) is 12.2 Å². The number of aliphatic hydroxyl groups is 1. The van der Waals surface area contributed by atoms with Gasteiger partial charge in [-0.3, -0.25) is 0 Å². The maximum atomic E-state index is 9.31. The van der Waals surface area contributed by atoms with Crippen molar-refractivity contribution >= 4 is 22.4 Å². The second-order valence-electron chi connectivity index (χ2n) is 5.24. The Hall–Kier alpha value is -1.01. The molecular weight excluding hydrogens is 250 g/mol. The van der Waals surface area contributed by atoms with Crippen LogP contribution in [0, 0.1) is 5.92 Å². The number of hydrogen-bond donors (Lipinski definition) is 2. The average Bonchev–Trinajstić information content (AvgIpc) is 2.57. The Bertz CT molecular complexity index is 402. The Morgan fingerprint density at radius 3 is 2.78 bits per heavy atom. The first kappa shape index (κ1) is 13.4. The molecule has 0 aliphatic heterocycles. The third-order valence-corrected chi connectivity index (χ3v) is 4.06. The van der Waals surface area contributed by atoms with E-state index in [1.165, 1.54) is 11.5 Å². The lowest BCUT2D eigenvalue weighted by Crippen LogP contribution is -2.37. The van der Waals surface area contributed by atoms with Gasteiger partial charge in [-0.15, -0.1) is 0 Å². The van der Waals surface area contributed by atoms with Gasteiger partial charge < -0.3 is 20.5 Å². The lowest BCUT2D eigenvalue weighted by Gasteiger charge is -2.34. The molecule has 1 aliphatic carbocycles. The number of nitrogens with two attached hydrogens (primary N) is 1. The van der Waals surface area contributed by atoms with Crippen LogP contribution in [0.5, 0.6) is 5.75 Å². The Labute approximate surface area is 112 Å². The van der Waals surface area contributed by atoms with Gasteiger partial charge in [0.15, 0.2) is 16.6 Å². The van der Waals surface area contributed by atoms with Crippen molar-refractivity contribution in [3.8, 4) is 5.75 Å². The average molecular weight is 271 g/mol. The van der Waals surface area contributed by atoms with Crippen molar-refractivity contribution in [3.63, 3.8) is 0 Å². The zero-order chi connectivity index (χ0) is 13.3. The summed E-state index contributed by atoms with van der Waals surface area (Å²) in [5, 5.41) is 10.3. The van der Waals surface area contributed by atoms with Crippen LogP contribution in [0.25, 0.3) is 0 Å². The van der Waals surface area contributed by atoms with Gasteiger partial charge >= 0.3 is 0 Å². The first-order valence-electron chi connectivity index (χ1n) is 6.28. The number of aliphatic hydroxyl groups excluding tert-OH is 1. The summed E-state index contributed by atoms with van der Waals surface area (Å²) in [5.41, 5.74) is 5.83. The van der Waals surface area contributed by atoms with Gasteiger partial charge in [-0.05, 0) is 44.1 Å². The van der Waals surface area contributed by atoms with Crippen molar-refractivity contribution < 1.29 is 9.84 Å². The van der Waals surface area contributed by atoms with Crippen LogP contribution in [0.15, 0.2) is 0 Å². The second kappa shape index (κ2) is 5.32. The van der Waals surface area contributed by atoms with Crippen LogP contribution in [0.3, 0.4) is 0 Å². The van der Waals surface area contributed by atoms with Gasteiger partial charge in [-0.25, -0.2) is 0 Å². The largest absolute Gasteiger partial charge is 0.484 e. The quantitative estimate of drug-likeness (QED) is 0.853. The molecule has 2 rings (SSSR count). The number of hydrogen-bond acceptors (Lipinski definition) is 6. The molecule has 1 heterocycles. The number of nitrogen functional groups attached to an aromatic ring is 1. The van der Waals surface area contributed by atoms with E-state index >= 15 is 0 Å². The fourth-order valence-electron chi connectivity index (χ4n) is 2.19. The maximum absolute atomic E-state index is 9.31. The Morgan fingerprint density at radius 1 is 1.56 bits per heavy atom. The highest BCUT2D eigenvalue weighted by molar-refractivity contribution is 7.11. The maximum Gasteiger partial charge on any atom is 0.198 e. The molecule has 0 spiro atoms. The summed E-state index contributed by atoms with van der Waals surface area (Å²) < 4.78 is 9.88. The fraction of sp³-hybridized carbons (Fsp3) is 0.750. The Kier molecular flexibility index (Phi) is 3.97. The van der Waals surface area contributed by atoms with Crippen LogP contribution in [0.1, 0.15) is 26.7 Å². The van der Waals surface area contributed by atoms with E-state index < -0.39 is 0 Å². The smallest absolute Gasteiger partial charge is 0.198 e. The fourth-order valence-corrected chi connectivity index (χ4v) is 2.91. The summed E-state index contributed by atoms with van der Waals surface area (Å²) in [6.45, 7) is 4.86. The second-order valence-corrected chi connectivity index (χ2v) is 5.99. The lowest BCUT2D eigenvalue weighted by molar-refractivity contribution is 0.0465. The molecule has 1 saturated carbocycles. The topological polar surface area (TPSA) is 71.6 Å². The number of nitrogens with zero attached hydrogens (tertiary/aromatic N) is 2. The first-order valence-corrected chi connectivity index (χ1v) is 7.05. The van der Waals surface area contributed by atoms with Gasteiger partial charge in [-0.2, -0.15) is 4.37 Å². The van der Waals surface area contributed by atoms with E-state index in [1.54, 1.807) is 0 Å². The summed E-state index contributed by atoms with van der Waals surface area (Å²) in [5.74, 6) is 1.71. The Balaban J connectivity index is 2.02. The van der Waals surface area contributed by atoms with E-state index in [0.29, 0.717) is 17.5 Å². The third-order valence-electron chi connectivity index (χ3n) is 3.10. The highest BCUT2D eigenvalue weighted by atomic mass is 32.1. The molecule has 6 heteroatoms. The molecule has 1 aromatic rings. The minimum absolute atomic E-state index is 0.0846. The van der Waals surface area contributed by atoms with Gasteiger partial charge in [0.1, 0.15) is 0 Å². The number of aromatic nitrogens is 1. The minimum atomic E-state index is -0.110. The van der Waals surface area contributed by atoms with Gasteiger partial charge in [0.2, 0.25) is 0 Å². The zero-order valence-corrected chi connectivity index (χ0v) is 11.9. The molecule has 102 valence electrons. The number of anilines is 2. The van der Waals surface area contributed by atoms with Crippen LogP contribution in [0.2, 0.25) is 0 Å². The summed E-state index contributed by atoms with van der Waals surface area (Å²) in [6.07, 6.45) is 1.75. The predicted molar refractivity (Wildman–Crippen MR) is 74.3 cm³/mol. The van der Waals surface area contributed by atoms with E-state index in [9.17, 15) is 5.11 Å². The zero-order valence-electron chi connectivity index (χ0n) is 11.1. The molecule has 1 aliphatic rings. The SMILES string of the molecule is CC(C)Oc1c(N)nsc1N(C)CC1CC(O)C1. The number of rotatable bonds is 5. The molecule has 18 heavy (non-hydrogen) atoms. The molecule has 3 N–H and O–H groups in total. The monoisotopic (exact) mass is 271 g/mol. The van der Waals surface area contributed by atoms with Crippen molar-refractivity contribution in [3.05, 3.63) is 0 Å². The minimum Gasteiger partial charge on any atom is -0.484 e. The molecule has 0 bridgehead atoms. The van der Waals surface area contributed by atoms with Crippen LogP contribution < -0.4 is 15.4 Å². The van der Waals surface area contributed by atoms with E-state index in [1.807, 2.05) is 20.9 Å². The molecule has 0 amide bonds. The summed E-state index contributed by atoms with van der Waals surface area (Å²) in [4.78, 5) is 2.13. The van der Waals surface area contributed by atoms with Crippen molar-refractivity contribution in [2.75, 3.05) is 24.2 Å². The highest BCUT2D eigenvalue weighted by Crippen LogP contribution is 2.39. The summed E-state index contributed by atoms with van der Waals surface area (Å²) in [6, 6.07) is 0. The van der Waals surface area contributed by atoms with Gasteiger partial charge in [-0.1, -0.05) is 0 Å². The molecule has 0 saturated heterocycles. The van der Waals surface area contributed by atoms with Crippen LogP contribution in [0.4, 0.5) is 10.8 Å². The number of ether oxygens (including phenoxy) is 1. The highest BCUT2D eigenvalue weighted by Gasteiger charge is 2.29. The molecular formula is C12H21N3O2S. The van der Waals surface area contributed by atoms with E-state index in [-0.39, 0.29) is 12.2 Å². The third kappa shape index (κ3) is 2.87. The molecule has 1 aromatic heterocycles. The summed E-state index contributed by atoms with van der Waals surface area (Å²) >= 11 is 1.37. The Morgan fingerprint density at radius 2 is 2.22 bits per heavy atom. The normalized spacial score (nSPS) is 22.9. The summed E-state index contributed by atoms with van der Waals surface area (Å²) in [7, 11) is 2.02. The van der Waals surface area contributed by atoms with Crippen molar-refractivity contribution in [1.29, 1.82) is 0 Å². The van der Waals surface area contributed by atoms with Crippen LogP contribution >= 0.6 is 11.5 Å².